The zero-order chi connectivity index (χ0) is 12.3. The highest BCUT2D eigenvalue weighted by Crippen LogP contribution is 2.17. The molecule has 0 bridgehead atoms. The summed E-state index contributed by atoms with van der Waals surface area (Å²) in [5.74, 6) is -1.16. The molecule has 0 spiro atoms. The largest absolute Gasteiger partial charge is 0.545 e. The van der Waals surface area contributed by atoms with Gasteiger partial charge < -0.3 is 9.90 Å². The minimum atomic E-state index is -1.16. The van der Waals surface area contributed by atoms with Gasteiger partial charge in [0.25, 0.3) is 0 Å². The lowest BCUT2D eigenvalue weighted by Gasteiger charge is -2.05. The summed E-state index contributed by atoms with van der Waals surface area (Å²) in [6, 6.07) is 10.5. The third-order valence-corrected chi connectivity index (χ3v) is 2.65. The maximum absolute atomic E-state index is 10.6. The van der Waals surface area contributed by atoms with E-state index in [0.717, 1.165) is 17.7 Å². The van der Waals surface area contributed by atoms with E-state index in [2.05, 4.69) is 11.9 Å². The fourth-order valence-corrected chi connectivity index (χ4v) is 1.58. The van der Waals surface area contributed by atoms with Gasteiger partial charge in [-0.25, -0.2) is 0 Å². The van der Waals surface area contributed by atoms with E-state index in [9.17, 15) is 9.90 Å². The number of benzene rings is 1. The Morgan fingerprint density at radius 2 is 1.88 bits per heavy atom. The number of pyridine rings is 1. The van der Waals surface area contributed by atoms with Gasteiger partial charge in [0.15, 0.2) is 0 Å². The molecule has 3 nitrogen and oxygen atoms in total. The van der Waals surface area contributed by atoms with Crippen molar-refractivity contribution < 1.29 is 9.90 Å². The van der Waals surface area contributed by atoms with Gasteiger partial charge in [0.05, 0.1) is 11.7 Å². The lowest BCUT2D eigenvalue weighted by molar-refractivity contribution is -0.255. The minimum Gasteiger partial charge on any atom is -0.545 e. The van der Waals surface area contributed by atoms with Crippen molar-refractivity contribution in [2.45, 2.75) is 13.3 Å². The lowest BCUT2D eigenvalue weighted by atomic mass is 10.1. The molecule has 17 heavy (non-hydrogen) atoms. The van der Waals surface area contributed by atoms with Crippen molar-refractivity contribution in [2.75, 3.05) is 0 Å². The molecule has 2 aromatic rings. The number of rotatable bonds is 3. The van der Waals surface area contributed by atoms with Crippen molar-refractivity contribution in [3.63, 3.8) is 0 Å². The monoisotopic (exact) mass is 226 g/mol. The van der Waals surface area contributed by atoms with Crippen LogP contribution in [0.5, 0.6) is 0 Å². The molecule has 0 aliphatic rings. The first-order valence-corrected chi connectivity index (χ1v) is 5.47. The summed E-state index contributed by atoms with van der Waals surface area (Å²) in [7, 11) is 0. The maximum atomic E-state index is 10.6. The van der Waals surface area contributed by atoms with Crippen LogP contribution >= 0.6 is 0 Å². The standard InChI is InChI=1S/C14H13NO2/c1-2-10-3-8-13(15-9-10)11-4-6-12(7-5-11)14(16)17/h3-9H,2H2,1H3,(H,16,17)/p-1. The first-order chi connectivity index (χ1) is 8.20. The molecule has 1 aromatic carbocycles. The summed E-state index contributed by atoms with van der Waals surface area (Å²) in [4.78, 5) is 14.9. The number of aromatic nitrogens is 1. The van der Waals surface area contributed by atoms with Crippen LogP contribution in [0.25, 0.3) is 11.3 Å². The molecule has 2 rings (SSSR count). The van der Waals surface area contributed by atoms with E-state index >= 15 is 0 Å². The number of carboxylic acids is 1. The number of carbonyl (C=O) groups is 1. The summed E-state index contributed by atoms with van der Waals surface area (Å²) in [6.45, 7) is 2.07. The zero-order valence-corrected chi connectivity index (χ0v) is 9.51. The summed E-state index contributed by atoms with van der Waals surface area (Å²) in [5.41, 5.74) is 3.10. The average Bonchev–Trinajstić information content (AvgIpc) is 2.39. The molecule has 0 N–H and O–H groups in total. The van der Waals surface area contributed by atoms with Crippen molar-refractivity contribution >= 4 is 5.97 Å². The van der Waals surface area contributed by atoms with E-state index in [1.165, 1.54) is 17.7 Å². The van der Waals surface area contributed by atoms with E-state index in [4.69, 9.17) is 0 Å². The second kappa shape index (κ2) is 4.78. The molecule has 3 heteroatoms. The van der Waals surface area contributed by atoms with Gasteiger partial charge in [0.2, 0.25) is 0 Å². The molecular formula is C14H12NO2-. The lowest BCUT2D eigenvalue weighted by Crippen LogP contribution is -2.21. The Labute approximate surface area is 99.8 Å². The molecule has 1 heterocycles. The van der Waals surface area contributed by atoms with Gasteiger partial charge in [-0.2, -0.15) is 0 Å². The molecule has 0 amide bonds. The molecule has 86 valence electrons. The number of aryl methyl sites for hydroxylation is 1. The minimum absolute atomic E-state index is 0.180. The molecule has 0 saturated carbocycles. The normalized spacial score (nSPS) is 10.2. The second-order valence-electron chi connectivity index (χ2n) is 3.77. The Hall–Kier alpha value is -2.16. The van der Waals surface area contributed by atoms with Gasteiger partial charge >= 0.3 is 0 Å². The summed E-state index contributed by atoms with van der Waals surface area (Å²) in [6.07, 6.45) is 2.79. The van der Waals surface area contributed by atoms with Crippen LogP contribution in [0.3, 0.4) is 0 Å². The van der Waals surface area contributed by atoms with Crippen molar-refractivity contribution in [1.82, 2.24) is 4.98 Å². The Morgan fingerprint density at radius 1 is 1.18 bits per heavy atom. The molecule has 0 fully saturated rings. The van der Waals surface area contributed by atoms with Crippen LogP contribution in [0.2, 0.25) is 0 Å². The Balaban J connectivity index is 2.29. The Kier molecular flexibility index (Phi) is 3.19. The highest BCUT2D eigenvalue weighted by Gasteiger charge is 2.00. The highest BCUT2D eigenvalue weighted by molar-refractivity contribution is 5.86. The molecule has 0 aliphatic heterocycles. The van der Waals surface area contributed by atoms with Gasteiger partial charge in [-0.3, -0.25) is 4.98 Å². The van der Waals surface area contributed by atoms with Crippen LogP contribution in [0, 0.1) is 0 Å². The Morgan fingerprint density at radius 3 is 2.35 bits per heavy atom. The number of carboxylic acid groups (broad SMARTS) is 1. The molecule has 0 radical (unpaired) electrons. The van der Waals surface area contributed by atoms with E-state index in [-0.39, 0.29) is 5.56 Å². The van der Waals surface area contributed by atoms with Gasteiger partial charge in [0, 0.05) is 11.8 Å². The third-order valence-electron chi connectivity index (χ3n) is 2.65. The van der Waals surface area contributed by atoms with Crippen LogP contribution in [-0.2, 0) is 6.42 Å². The summed E-state index contributed by atoms with van der Waals surface area (Å²) >= 11 is 0. The average molecular weight is 226 g/mol. The molecule has 0 atom stereocenters. The first kappa shape index (κ1) is 11.3. The molecule has 0 aliphatic carbocycles. The zero-order valence-electron chi connectivity index (χ0n) is 9.51. The van der Waals surface area contributed by atoms with Gasteiger partial charge in [0.1, 0.15) is 0 Å². The fourth-order valence-electron chi connectivity index (χ4n) is 1.58. The van der Waals surface area contributed by atoms with Crippen molar-refractivity contribution in [3.8, 4) is 11.3 Å². The van der Waals surface area contributed by atoms with Crippen molar-refractivity contribution in [3.05, 3.63) is 53.7 Å². The quantitative estimate of drug-likeness (QED) is 0.800. The SMILES string of the molecule is CCc1ccc(-c2ccc(C(=O)[O-])cc2)nc1. The molecule has 1 aromatic heterocycles. The fraction of sp³-hybridized carbons (Fsp3) is 0.143. The second-order valence-corrected chi connectivity index (χ2v) is 3.77. The number of hydrogen-bond donors (Lipinski definition) is 0. The van der Waals surface area contributed by atoms with Crippen LogP contribution < -0.4 is 5.11 Å². The van der Waals surface area contributed by atoms with Gasteiger partial charge in [-0.1, -0.05) is 37.3 Å². The highest BCUT2D eigenvalue weighted by atomic mass is 16.4. The summed E-state index contributed by atoms with van der Waals surface area (Å²) < 4.78 is 0. The van der Waals surface area contributed by atoms with E-state index in [0.29, 0.717) is 0 Å². The number of carbonyl (C=O) groups excluding carboxylic acids is 1. The van der Waals surface area contributed by atoms with Gasteiger partial charge in [-0.05, 0) is 23.6 Å². The topological polar surface area (TPSA) is 53.0 Å². The number of hydrogen-bond acceptors (Lipinski definition) is 3. The number of aromatic carboxylic acids is 1. The van der Waals surface area contributed by atoms with Crippen molar-refractivity contribution in [2.24, 2.45) is 0 Å². The summed E-state index contributed by atoms with van der Waals surface area (Å²) in [5, 5.41) is 10.6. The van der Waals surface area contributed by atoms with Crippen LogP contribution in [-0.4, -0.2) is 11.0 Å². The van der Waals surface area contributed by atoms with Crippen LogP contribution in [0.1, 0.15) is 22.8 Å². The van der Waals surface area contributed by atoms with E-state index in [1.54, 1.807) is 12.1 Å². The molecule has 0 unspecified atom stereocenters. The van der Waals surface area contributed by atoms with Crippen LogP contribution in [0.4, 0.5) is 0 Å². The Bertz CT molecular complexity index is 515. The predicted molar refractivity (Wildman–Crippen MR) is 63.4 cm³/mol. The maximum Gasteiger partial charge on any atom is 0.0715 e. The van der Waals surface area contributed by atoms with E-state index < -0.39 is 5.97 Å². The van der Waals surface area contributed by atoms with Crippen molar-refractivity contribution in [1.29, 1.82) is 0 Å². The van der Waals surface area contributed by atoms with E-state index in [1.807, 2.05) is 18.3 Å². The molecular weight excluding hydrogens is 214 g/mol. The first-order valence-electron chi connectivity index (χ1n) is 5.47. The number of nitrogens with zero attached hydrogens (tertiary/aromatic N) is 1. The third kappa shape index (κ3) is 2.50. The van der Waals surface area contributed by atoms with Gasteiger partial charge in [-0.15, -0.1) is 0 Å². The van der Waals surface area contributed by atoms with Crippen LogP contribution in [0.15, 0.2) is 42.6 Å². The predicted octanol–water partition coefficient (Wildman–Crippen LogP) is 1.67. The molecule has 0 saturated heterocycles. The smallest absolute Gasteiger partial charge is 0.0715 e.